The van der Waals surface area contributed by atoms with E-state index in [-0.39, 0.29) is 22.9 Å². The molecule has 0 unspecified atom stereocenters. The number of carbonyl (C=O) groups excluding carboxylic acids is 1. The molecule has 1 heterocycles. The molecule has 1 aromatic carbocycles. The molecule has 2 aromatic rings. The van der Waals surface area contributed by atoms with Crippen molar-refractivity contribution in [2.75, 3.05) is 24.7 Å². The topological polar surface area (TPSA) is 89.5 Å². The number of benzene rings is 1. The summed E-state index contributed by atoms with van der Waals surface area (Å²) >= 11 is 0. The van der Waals surface area contributed by atoms with Gasteiger partial charge >= 0.3 is 5.97 Å². The first-order valence-corrected chi connectivity index (χ1v) is 8.66. The predicted molar refractivity (Wildman–Crippen MR) is 86.7 cm³/mol. The van der Waals surface area contributed by atoms with E-state index in [1.54, 1.807) is 6.92 Å². The first-order valence-electron chi connectivity index (χ1n) is 6.82. The number of rotatable bonds is 4. The Labute approximate surface area is 139 Å². The first-order chi connectivity index (χ1) is 11.1. The van der Waals surface area contributed by atoms with E-state index >= 15 is 0 Å². The van der Waals surface area contributed by atoms with Crippen LogP contribution in [-0.4, -0.2) is 44.8 Å². The molecule has 24 heavy (non-hydrogen) atoms. The molecule has 0 fully saturated rings. The second kappa shape index (κ2) is 6.52. The number of sulfonamides is 1. The maximum absolute atomic E-state index is 13.2. The third kappa shape index (κ3) is 3.51. The minimum Gasteiger partial charge on any atom is -0.465 e. The third-order valence-electron chi connectivity index (χ3n) is 3.36. The molecule has 9 heteroatoms. The van der Waals surface area contributed by atoms with Crippen LogP contribution < -0.4 is 4.31 Å². The van der Waals surface area contributed by atoms with Crippen molar-refractivity contribution in [1.82, 2.24) is 9.97 Å². The standard InChI is InChI=1S/C15H16FN3O4S/c1-9-12(14(20)23-3)13(10-5-7-11(16)8-6-10)18-15(17-9)19(2)24(4,21)22/h5-8H,1-4H3. The van der Waals surface area contributed by atoms with E-state index in [9.17, 15) is 17.6 Å². The predicted octanol–water partition coefficient (Wildman–Crippen LogP) is 1.77. The molecule has 0 aliphatic carbocycles. The summed E-state index contributed by atoms with van der Waals surface area (Å²) in [6.45, 7) is 1.54. The van der Waals surface area contributed by atoms with Crippen LogP contribution in [0.5, 0.6) is 0 Å². The van der Waals surface area contributed by atoms with Crippen LogP contribution >= 0.6 is 0 Å². The highest BCUT2D eigenvalue weighted by molar-refractivity contribution is 7.92. The van der Waals surface area contributed by atoms with E-state index in [1.165, 1.54) is 38.4 Å². The van der Waals surface area contributed by atoms with Gasteiger partial charge in [0, 0.05) is 12.6 Å². The first kappa shape index (κ1) is 17.8. The smallest absolute Gasteiger partial charge is 0.341 e. The number of methoxy groups -OCH3 is 1. The lowest BCUT2D eigenvalue weighted by Crippen LogP contribution is -2.27. The Morgan fingerprint density at radius 3 is 2.29 bits per heavy atom. The molecule has 128 valence electrons. The molecular weight excluding hydrogens is 337 g/mol. The molecule has 2 rings (SSSR count). The number of halogens is 1. The Morgan fingerprint density at radius 2 is 1.79 bits per heavy atom. The van der Waals surface area contributed by atoms with Gasteiger partial charge in [-0.05, 0) is 31.2 Å². The van der Waals surface area contributed by atoms with Gasteiger partial charge in [0.15, 0.2) is 0 Å². The zero-order valence-electron chi connectivity index (χ0n) is 13.6. The maximum Gasteiger partial charge on any atom is 0.341 e. The molecule has 0 bridgehead atoms. The quantitative estimate of drug-likeness (QED) is 0.778. The summed E-state index contributed by atoms with van der Waals surface area (Å²) < 4.78 is 42.2. The van der Waals surface area contributed by atoms with Gasteiger partial charge in [-0.3, -0.25) is 0 Å². The lowest BCUT2D eigenvalue weighted by atomic mass is 10.0. The highest BCUT2D eigenvalue weighted by atomic mass is 32.2. The van der Waals surface area contributed by atoms with Gasteiger partial charge < -0.3 is 4.74 Å². The molecule has 0 aliphatic rings. The molecule has 0 amide bonds. The molecule has 0 N–H and O–H groups in total. The zero-order valence-corrected chi connectivity index (χ0v) is 14.4. The average Bonchev–Trinajstić information content (AvgIpc) is 2.52. The largest absolute Gasteiger partial charge is 0.465 e. The van der Waals surface area contributed by atoms with Gasteiger partial charge in [-0.1, -0.05) is 0 Å². The molecule has 0 atom stereocenters. The van der Waals surface area contributed by atoms with Gasteiger partial charge in [0.25, 0.3) is 0 Å². The van der Waals surface area contributed by atoms with Crippen molar-refractivity contribution in [3.8, 4) is 11.3 Å². The average molecular weight is 353 g/mol. The molecule has 7 nitrogen and oxygen atoms in total. The third-order valence-corrected chi connectivity index (χ3v) is 4.52. The minimum absolute atomic E-state index is 0.0924. The van der Waals surface area contributed by atoms with Gasteiger partial charge in [0.2, 0.25) is 16.0 Å². The van der Waals surface area contributed by atoms with Crippen molar-refractivity contribution in [1.29, 1.82) is 0 Å². The van der Waals surface area contributed by atoms with Crippen molar-refractivity contribution >= 4 is 21.9 Å². The molecule has 0 spiro atoms. The minimum atomic E-state index is -3.58. The Bertz CT molecular complexity index is 882. The molecule has 0 aliphatic heterocycles. The number of hydrogen-bond donors (Lipinski definition) is 0. The second-order valence-corrected chi connectivity index (χ2v) is 7.08. The van der Waals surface area contributed by atoms with Crippen LogP contribution in [0.1, 0.15) is 16.1 Å². The van der Waals surface area contributed by atoms with E-state index in [0.717, 1.165) is 10.6 Å². The molecule has 1 aromatic heterocycles. The summed E-state index contributed by atoms with van der Waals surface area (Å²) in [5, 5.41) is 0. The van der Waals surface area contributed by atoms with Gasteiger partial charge in [-0.25, -0.2) is 31.9 Å². The Hall–Kier alpha value is -2.55. The van der Waals surface area contributed by atoms with Crippen molar-refractivity contribution < 1.29 is 22.3 Å². The van der Waals surface area contributed by atoms with Gasteiger partial charge in [-0.15, -0.1) is 0 Å². The van der Waals surface area contributed by atoms with Crippen LogP contribution in [0.15, 0.2) is 24.3 Å². The van der Waals surface area contributed by atoms with Crippen molar-refractivity contribution in [2.45, 2.75) is 6.92 Å². The molecule has 0 saturated carbocycles. The van der Waals surface area contributed by atoms with Crippen LogP contribution in [0, 0.1) is 12.7 Å². The summed E-state index contributed by atoms with van der Waals surface area (Å²) in [4.78, 5) is 20.3. The number of anilines is 1. The fourth-order valence-corrected chi connectivity index (χ4v) is 2.39. The van der Waals surface area contributed by atoms with Crippen LogP contribution in [0.2, 0.25) is 0 Å². The number of nitrogens with zero attached hydrogens (tertiary/aromatic N) is 3. The normalized spacial score (nSPS) is 11.2. The van der Waals surface area contributed by atoms with E-state index < -0.39 is 21.8 Å². The van der Waals surface area contributed by atoms with Crippen LogP contribution in [0.25, 0.3) is 11.3 Å². The lowest BCUT2D eigenvalue weighted by Gasteiger charge is -2.18. The fourth-order valence-electron chi connectivity index (χ4n) is 2.01. The number of carbonyl (C=O) groups is 1. The van der Waals surface area contributed by atoms with E-state index in [1.807, 2.05) is 0 Å². The van der Waals surface area contributed by atoms with Crippen LogP contribution in [0.3, 0.4) is 0 Å². The highest BCUT2D eigenvalue weighted by Crippen LogP contribution is 2.27. The fraction of sp³-hybridized carbons (Fsp3) is 0.267. The summed E-state index contributed by atoms with van der Waals surface area (Å²) in [6.07, 6.45) is 1.01. The Balaban J connectivity index is 2.74. The van der Waals surface area contributed by atoms with Crippen molar-refractivity contribution in [3.63, 3.8) is 0 Å². The Kier molecular flexibility index (Phi) is 4.83. The van der Waals surface area contributed by atoms with Crippen molar-refractivity contribution in [2.24, 2.45) is 0 Å². The van der Waals surface area contributed by atoms with Gasteiger partial charge in [0.05, 0.1) is 24.8 Å². The Morgan fingerprint density at radius 1 is 1.21 bits per heavy atom. The summed E-state index contributed by atoms with van der Waals surface area (Å²) in [5.41, 5.74) is 0.946. The molecule has 0 radical (unpaired) electrons. The summed E-state index contributed by atoms with van der Waals surface area (Å²) in [5.74, 6) is -1.21. The second-order valence-electron chi connectivity index (χ2n) is 5.06. The molecular formula is C15H16FN3O4S. The summed E-state index contributed by atoms with van der Waals surface area (Å²) in [6, 6.07) is 5.31. The zero-order chi connectivity index (χ0) is 18.1. The van der Waals surface area contributed by atoms with Crippen molar-refractivity contribution in [3.05, 3.63) is 41.3 Å². The van der Waals surface area contributed by atoms with E-state index in [2.05, 4.69) is 9.97 Å². The number of ether oxygens (including phenoxy) is 1. The van der Waals surface area contributed by atoms with Crippen LogP contribution in [-0.2, 0) is 14.8 Å². The summed E-state index contributed by atoms with van der Waals surface area (Å²) in [7, 11) is -1.07. The number of hydrogen-bond acceptors (Lipinski definition) is 6. The molecule has 0 saturated heterocycles. The number of esters is 1. The number of aryl methyl sites for hydroxylation is 1. The highest BCUT2D eigenvalue weighted by Gasteiger charge is 2.24. The van der Waals surface area contributed by atoms with Gasteiger partial charge in [-0.2, -0.15) is 0 Å². The van der Waals surface area contributed by atoms with Crippen LogP contribution in [0.4, 0.5) is 10.3 Å². The monoisotopic (exact) mass is 353 g/mol. The number of aromatic nitrogens is 2. The van der Waals surface area contributed by atoms with Gasteiger partial charge in [0.1, 0.15) is 11.4 Å². The lowest BCUT2D eigenvalue weighted by molar-refractivity contribution is 0.0600. The maximum atomic E-state index is 13.2. The van der Waals surface area contributed by atoms with E-state index in [4.69, 9.17) is 4.74 Å². The SMILES string of the molecule is COC(=O)c1c(C)nc(N(C)S(C)(=O)=O)nc1-c1ccc(F)cc1. The van der Waals surface area contributed by atoms with E-state index in [0.29, 0.717) is 5.56 Å².